The number of hydrogen-bond acceptors (Lipinski definition) is 3. The van der Waals surface area contributed by atoms with E-state index in [1.165, 1.54) is 5.56 Å². The van der Waals surface area contributed by atoms with E-state index < -0.39 is 0 Å². The number of nitrogens with one attached hydrogen (secondary N) is 1. The highest BCUT2D eigenvalue weighted by Gasteiger charge is 2.20. The molecule has 102 valence electrons. The van der Waals surface area contributed by atoms with Crippen LogP contribution < -0.4 is 10.1 Å². The van der Waals surface area contributed by atoms with Crippen molar-refractivity contribution >= 4 is 15.9 Å². The zero-order chi connectivity index (χ0) is 13.7. The lowest BCUT2D eigenvalue weighted by Crippen LogP contribution is -2.32. The molecular formula is C15H19BrN2O. The average molecular weight is 323 g/mol. The van der Waals surface area contributed by atoms with Crippen LogP contribution in [0.2, 0.25) is 0 Å². The summed E-state index contributed by atoms with van der Waals surface area (Å²) in [5, 5.41) is 12.5. The maximum absolute atomic E-state index is 8.88. The molecule has 1 fully saturated rings. The minimum absolute atomic E-state index is 0.271. The summed E-state index contributed by atoms with van der Waals surface area (Å²) >= 11 is 3.50. The molecule has 0 aromatic heterocycles. The minimum Gasteiger partial charge on any atom is -0.496 e. The first-order valence-corrected chi connectivity index (χ1v) is 7.47. The van der Waals surface area contributed by atoms with Crippen LogP contribution in [0, 0.1) is 17.2 Å². The van der Waals surface area contributed by atoms with Gasteiger partial charge < -0.3 is 10.1 Å². The van der Waals surface area contributed by atoms with Crippen LogP contribution in [0.3, 0.4) is 0 Å². The Labute approximate surface area is 123 Å². The fraction of sp³-hybridized carbons (Fsp3) is 0.533. The van der Waals surface area contributed by atoms with Crippen molar-refractivity contribution in [2.24, 2.45) is 5.92 Å². The molecule has 0 unspecified atom stereocenters. The third kappa shape index (κ3) is 3.95. The monoisotopic (exact) mass is 322 g/mol. The Morgan fingerprint density at radius 1 is 1.37 bits per heavy atom. The molecule has 0 spiro atoms. The van der Waals surface area contributed by atoms with Crippen molar-refractivity contribution in [1.29, 1.82) is 5.26 Å². The van der Waals surface area contributed by atoms with Gasteiger partial charge in [-0.15, -0.1) is 0 Å². The number of methoxy groups -OCH3 is 1. The van der Waals surface area contributed by atoms with Gasteiger partial charge in [0, 0.05) is 18.5 Å². The Bertz CT molecular complexity index is 462. The maximum atomic E-state index is 8.88. The molecule has 19 heavy (non-hydrogen) atoms. The topological polar surface area (TPSA) is 45.0 Å². The van der Waals surface area contributed by atoms with Crippen LogP contribution in [0.5, 0.6) is 5.75 Å². The molecule has 0 radical (unpaired) electrons. The van der Waals surface area contributed by atoms with Gasteiger partial charge in [-0.3, -0.25) is 0 Å². The molecule has 1 aromatic rings. The minimum atomic E-state index is 0.271. The third-order valence-corrected chi connectivity index (χ3v) is 4.34. The summed E-state index contributed by atoms with van der Waals surface area (Å²) in [5.74, 6) is 1.13. The molecule has 1 saturated carbocycles. The van der Waals surface area contributed by atoms with Crippen LogP contribution in [-0.2, 0) is 6.54 Å². The number of rotatable bonds is 4. The highest BCUT2D eigenvalue weighted by atomic mass is 79.9. The number of ether oxygens (including phenoxy) is 1. The summed E-state index contributed by atoms with van der Waals surface area (Å²) in [6.07, 6.45) is 4.27. The fourth-order valence-electron chi connectivity index (χ4n) is 2.51. The molecule has 1 N–H and O–H groups in total. The highest BCUT2D eigenvalue weighted by molar-refractivity contribution is 9.10. The first-order chi connectivity index (χ1) is 9.22. The van der Waals surface area contributed by atoms with Gasteiger partial charge in [0.2, 0.25) is 0 Å². The smallest absolute Gasteiger partial charge is 0.133 e. The molecule has 1 aliphatic carbocycles. The molecule has 0 bridgehead atoms. The van der Waals surface area contributed by atoms with E-state index in [4.69, 9.17) is 10.00 Å². The van der Waals surface area contributed by atoms with Crippen molar-refractivity contribution < 1.29 is 4.74 Å². The van der Waals surface area contributed by atoms with Crippen LogP contribution in [0.4, 0.5) is 0 Å². The van der Waals surface area contributed by atoms with Gasteiger partial charge in [0.1, 0.15) is 5.75 Å². The SMILES string of the molecule is COc1ccc(CNC2CCC(C#N)CC2)cc1Br. The number of benzene rings is 1. The molecular weight excluding hydrogens is 304 g/mol. The summed E-state index contributed by atoms with van der Waals surface area (Å²) in [5.41, 5.74) is 1.25. The van der Waals surface area contributed by atoms with Gasteiger partial charge in [-0.2, -0.15) is 5.26 Å². The lowest BCUT2D eigenvalue weighted by atomic mass is 9.87. The molecule has 4 heteroatoms. The van der Waals surface area contributed by atoms with Crippen molar-refractivity contribution in [2.75, 3.05) is 7.11 Å². The number of nitriles is 1. The molecule has 3 nitrogen and oxygen atoms in total. The van der Waals surface area contributed by atoms with E-state index in [0.717, 1.165) is 42.5 Å². The number of hydrogen-bond donors (Lipinski definition) is 1. The second kappa shape index (κ2) is 6.93. The van der Waals surface area contributed by atoms with Gasteiger partial charge in [-0.1, -0.05) is 6.07 Å². The Kier molecular flexibility index (Phi) is 5.24. The molecule has 0 heterocycles. The zero-order valence-corrected chi connectivity index (χ0v) is 12.7. The van der Waals surface area contributed by atoms with E-state index in [1.54, 1.807) is 7.11 Å². The highest BCUT2D eigenvalue weighted by Crippen LogP contribution is 2.26. The van der Waals surface area contributed by atoms with Crippen molar-refractivity contribution in [2.45, 2.75) is 38.3 Å². The van der Waals surface area contributed by atoms with Gasteiger partial charge in [-0.05, 0) is 59.3 Å². The first-order valence-electron chi connectivity index (χ1n) is 6.68. The lowest BCUT2D eigenvalue weighted by molar-refractivity contribution is 0.331. The standard InChI is InChI=1S/C15H19BrN2O/c1-19-15-7-4-12(8-14(15)16)10-18-13-5-2-11(9-17)3-6-13/h4,7-8,11,13,18H,2-3,5-6,10H2,1H3. The van der Waals surface area contributed by atoms with Crippen LogP contribution in [0.1, 0.15) is 31.2 Å². The lowest BCUT2D eigenvalue weighted by Gasteiger charge is -2.25. The second-order valence-electron chi connectivity index (χ2n) is 5.03. The van der Waals surface area contributed by atoms with Gasteiger partial charge in [-0.25, -0.2) is 0 Å². The van der Waals surface area contributed by atoms with E-state index >= 15 is 0 Å². The molecule has 2 rings (SSSR count). The molecule has 0 amide bonds. The number of nitrogens with zero attached hydrogens (tertiary/aromatic N) is 1. The summed E-state index contributed by atoms with van der Waals surface area (Å²) in [6, 6.07) is 9.07. The van der Waals surface area contributed by atoms with E-state index in [1.807, 2.05) is 6.07 Å². The Morgan fingerprint density at radius 3 is 2.68 bits per heavy atom. The Hall–Kier alpha value is -1.05. The van der Waals surface area contributed by atoms with Crippen LogP contribution in [0.15, 0.2) is 22.7 Å². The second-order valence-corrected chi connectivity index (χ2v) is 5.88. The average Bonchev–Trinajstić information content (AvgIpc) is 2.46. The Balaban J connectivity index is 1.83. The molecule has 0 atom stereocenters. The molecule has 0 aliphatic heterocycles. The fourth-order valence-corrected chi connectivity index (χ4v) is 3.10. The molecule has 1 aromatic carbocycles. The van der Waals surface area contributed by atoms with Gasteiger partial charge in [0.15, 0.2) is 0 Å². The van der Waals surface area contributed by atoms with Crippen molar-refractivity contribution in [3.05, 3.63) is 28.2 Å². The van der Waals surface area contributed by atoms with E-state index in [2.05, 4.69) is 39.4 Å². The van der Waals surface area contributed by atoms with Crippen molar-refractivity contribution in [3.8, 4) is 11.8 Å². The zero-order valence-electron chi connectivity index (χ0n) is 11.2. The maximum Gasteiger partial charge on any atom is 0.133 e. The van der Waals surface area contributed by atoms with Crippen molar-refractivity contribution in [3.63, 3.8) is 0 Å². The first kappa shape index (κ1) is 14.4. The van der Waals surface area contributed by atoms with Crippen LogP contribution in [-0.4, -0.2) is 13.2 Å². The molecule has 0 saturated heterocycles. The number of halogens is 1. The molecule has 1 aliphatic rings. The van der Waals surface area contributed by atoms with Gasteiger partial charge in [0.25, 0.3) is 0 Å². The quantitative estimate of drug-likeness (QED) is 0.920. The normalized spacial score (nSPS) is 22.8. The predicted octanol–water partition coefficient (Wildman–Crippen LogP) is 3.63. The summed E-state index contributed by atoms with van der Waals surface area (Å²) < 4.78 is 6.21. The summed E-state index contributed by atoms with van der Waals surface area (Å²) in [4.78, 5) is 0. The largest absolute Gasteiger partial charge is 0.496 e. The Morgan fingerprint density at radius 2 is 2.11 bits per heavy atom. The third-order valence-electron chi connectivity index (χ3n) is 3.72. The summed E-state index contributed by atoms with van der Waals surface area (Å²) in [7, 11) is 1.67. The van der Waals surface area contributed by atoms with Crippen LogP contribution >= 0.6 is 15.9 Å². The van der Waals surface area contributed by atoms with E-state index in [0.29, 0.717) is 6.04 Å². The van der Waals surface area contributed by atoms with Gasteiger partial charge >= 0.3 is 0 Å². The predicted molar refractivity (Wildman–Crippen MR) is 78.9 cm³/mol. The van der Waals surface area contributed by atoms with Crippen molar-refractivity contribution in [1.82, 2.24) is 5.32 Å². The van der Waals surface area contributed by atoms with E-state index in [9.17, 15) is 0 Å². The van der Waals surface area contributed by atoms with Gasteiger partial charge in [0.05, 0.1) is 17.7 Å². The summed E-state index contributed by atoms with van der Waals surface area (Å²) in [6.45, 7) is 0.866. The van der Waals surface area contributed by atoms with Crippen LogP contribution in [0.25, 0.3) is 0 Å². The van der Waals surface area contributed by atoms with E-state index in [-0.39, 0.29) is 5.92 Å².